The van der Waals surface area contributed by atoms with Gasteiger partial charge in [-0.1, -0.05) is 6.58 Å². The molecule has 15 unspecified atom stereocenters. The van der Waals surface area contributed by atoms with Gasteiger partial charge in [-0.05, 0) is 55.4 Å². The van der Waals surface area contributed by atoms with Crippen LogP contribution in [-0.2, 0) is 61.6 Å². The zero-order valence-corrected chi connectivity index (χ0v) is 30.6. The zero-order valence-electron chi connectivity index (χ0n) is 30.6. The molecule has 0 radical (unpaired) electrons. The normalized spacial score (nSPS) is 46.3. The van der Waals surface area contributed by atoms with Crippen molar-refractivity contribution in [3.63, 3.8) is 0 Å². The monoisotopic (exact) mass is 754 g/mol. The molecule has 19 heteroatoms. The molecule has 0 aromatic carbocycles. The van der Waals surface area contributed by atoms with Crippen molar-refractivity contribution < 1.29 is 92.3 Å². The maximum absolute atomic E-state index is 11.5. The molecule has 0 aliphatic carbocycles. The minimum Gasteiger partial charge on any atom is -0.430 e. The molecule has 7 aliphatic rings. The molecule has 0 bridgehead atoms. The van der Waals surface area contributed by atoms with Gasteiger partial charge in [-0.3, -0.25) is 0 Å². The highest BCUT2D eigenvalue weighted by Crippen LogP contribution is 2.43. The molecule has 0 spiro atoms. The Morgan fingerprint density at radius 1 is 0.615 bits per heavy atom. The van der Waals surface area contributed by atoms with E-state index in [1.54, 1.807) is 0 Å². The van der Waals surface area contributed by atoms with Crippen molar-refractivity contribution in [2.24, 2.45) is 0 Å². The molecule has 7 rings (SSSR count). The highest BCUT2D eigenvalue weighted by atomic mass is 16.8. The van der Waals surface area contributed by atoms with E-state index >= 15 is 0 Å². The van der Waals surface area contributed by atoms with Crippen molar-refractivity contribution in [3.8, 4) is 0 Å². The van der Waals surface area contributed by atoms with Crippen LogP contribution in [0.3, 0.4) is 0 Å². The smallest absolute Gasteiger partial charge is 0.332 e. The molecule has 15 atom stereocenters. The van der Waals surface area contributed by atoms with Crippen LogP contribution in [0, 0.1) is 0 Å². The molecule has 52 heavy (non-hydrogen) atoms. The van der Waals surface area contributed by atoms with E-state index < -0.39 is 97.3 Å². The molecule has 7 heterocycles. The first-order valence-electron chi connectivity index (χ1n) is 17.2. The van der Waals surface area contributed by atoms with Gasteiger partial charge < -0.3 is 87.5 Å². The quantitative estimate of drug-likeness (QED) is 0.135. The number of carbonyl (C=O) groups is 1. The van der Waals surface area contributed by atoms with Crippen LogP contribution in [0.4, 0.5) is 0 Å². The lowest BCUT2D eigenvalue weighted by Crippen LogP contribution is -2.58. The summed E-state index contributed by atoms with van der Waals surface area (Å²) >= 11 is 0. The number of aliphatic hydroxyl groups excluding tert-OH is 6. The summed E-state index contributed by atoms with van der Waals surface area (Å²) in [6.45, 7) is 18.3. The molecule has 19 nitrogen and oxygen atoms in total. The van der Waals surface area contributed by atoms with Gasteiger partial charge in [-0.2, -0.15) is 0 Å². The molecule has 7 aliphatic heterocycles. The summed E-state index contributed by atoms with van der Waals surface area (Å²) in [7, 11) is 0. The van der Waals surface area contributed by atoms with Gasteiger partial charge in [0.1, 0.15) is 67.1 Å². The van der Waals surface area contributed by atoms with Crippen molar-refractivity contribution in [2.75, 3.05) is 19.8 Å². The van der Waals surface area contributed by atoms with Crippen LogP contribution in [-0.4, -0.2) is 172 Å². The maximum atomic E-state index is 11.5. The van der Waals surface area contributed by atoms with Crippen molar-refractivity contribution >= 4 is 5.97 Å². The number of carbonyl (C=O) groups excluding carboxylic acids is 1. The molecular formula is C33H54O19. The van der Waals surface area contributed by atoms with Gasteiger partial charge in [0, 0.05) is 6.08 Å². The summed E-state index contributed by atoms with van der Waals surface area (Å²) in [5, 5.41) is 54.5. The number of esters is 1. The average molecular weight is 755 g/mol. The molecule has 0 amide bonds. The third-order valence-electron chi connectivity index (χ3n) is 9.17. The van der Waals surface area contributed by atoms with Crippen LogP contribution in [0.25, 0.3) is 0 Å². The average Bonchev–Trinajstić information content (AvgIpc) is 3.88. The summed E-state index contributed by atoms with van der Waals surface area (Å²) in [4.78, 5) is 11.5. The molecule has 0 aromatic heterocycles. The summed E-state index contributed by atoms with van der Waals surface area (Å²) in [5.74, 6) is -3.33. The number of rotatable bonds is 5. The number of hydrogen-bond donors (Lipinski definition) is 6. The maximum Gasteiger partial charge on any atom is 0.332 e. The lowest BCUT2D eigenvalue weighted by Gasteiger charge is -2.37. The lowest BCUT2D eigenvalue weighted by molar-refractivity contribution is -0.286. The lowest BCUT2D eigenvalue weighted by atomic mass is 10.00. The van der Waals surface area contributed by atoms with E-state index in [4.69, 9.17) is 77.6 Å². The molecular weight excluding hydrogens is 700 g/mol. The molecule has 0 aromatic rings. The van der Waals surface area contributed by atoms with Gasteiger partial charge in [0.05, 0.1) is 19.8 Å². The van der Waals surface area contributed by atoms with Crippen molar-refractivity contribution in [3.05, 3.63) is 12.7 Å². The third-order valence-corrected chi connectivity index (χ3v) is 9.17. The molecule has 0 saturated carbocycles. The second-order valence-corrected chi connectivity index (χ2v) is 15.2. The van der Waals surface area contributed by atoms with Crippen molar-refractivity contribution in [1.82, 2.24) is 0 Å². The fraction of sp³-hybridized carbons (Fsp3) is 0.909. The van der Waals surface area contributed by atoms with E-state index in [0.29, 0.717) is 13.2 Å². The van der Waals surface area contributed by atoms with E-state index in [-0.39, 0.29) is 30.5 Å². The number of fused-ring (bicyclic) bond motifs is 2. The fourth-order valence-electron chi connectivity index (χ4n) is 6.89. The van der Waals surface area contributed by atoms with Gasteiger partial charge in [-0.25, -0.2) is 4.79 Å². The topological polar surface area (TPSA) is 249 Å². The Kier molecular flexibility index (Phi) is 12.5. The van der Waals surface area contributed by atoms with Crippen molar-refractivity contribution in [1.29, 1.82) is 0 Å². The summed E-state index contributed by atoms with van der Waals surface area (Å²) in [6.07, 6.45) is -10.8. The Balaban J connectivity index is 0.000000158. The van der Waals surface area contributed by atoms with Gasteiger partial charge in [0.2, 0.25) is 6.29 Å². The highest BCUT2D eigenvalue weighted by molar-refractivity contribution is 5.81. The Bertz CT molecular complexity index is 1240. The van der Waals surface area contributed by atoms with Crippen LogP contribution < -0.4 is 0 Å². The largest absolute Gasteiger partial charge is 0.430 e. The first kappa shape index (κ1) is 41.7. The second kappa shape index (κ2) is 15.6. The molecule has 7 saturated heterocycles. The number of ether oxygens (including phenoxy) is 12. The summed E-state index contributed by atoms with van der Waals surface area (Å²) in [6, 6.07) is 0. The van der Waals surface area contributed by atoms with Crippen molar-refractivity contribution in [2.45, 2.75) is 171 Å². The second-order valence-electron chi connectivity index (χ2n) is 15.2. The Labute approximate surface area is 301 Å². The van der Waals surface area contributed by atoms with Gasteiger partial charge >= 0.3 is 5.97 Å². The Hall–Kier alpha value is -1.47. The van der Waals surface area contributed by atoms with E-state index in [1.165, 1.54) is 0 Å². The first-order valence-corrected chi connectivity index (χ1v) is 17.2. The van der Waals surface area contributed by atoms with Crippen LogP contribution in [0.15, 0.2) is 12.7 Å². The zero-order chi connectivity index (χ0) is 38.6. The molecule has 7 fully saturated rings. The highest BCUT2D eigenvalue weighted by Gasteiger charge is 2.61. The van der Waals surface area contributed by atoms with E-state index in [1.807, 2.05) is 55.4 Å². The predicted octanol–water partition coefficient (Wildman–Crippen LogP) is -1.73. The van der Waals surface area contributed by atoms with Gasteiger partial charge in [0.15, 0.2) is 41.8 Å². The van der Waals surface area contributed by atoms with E-state index in [9.17, 15) is 9.90 Å². The van der Waals surface area contributed by atoms with Crippen LogP contribution in [0.5, 0.6) is 0 Å². The van der Waals surface area contributed by atoms with Gasteiger partial charge in [0.25, 0.3) is 0 Å². The molecule has 6 N–H and O–H groups in total. The number of aliphatic hydroxyl groups is 6. The molecule has 300 valence electrons. The first-order chi connectivity index (χ1) is 24.1. The van der Waals surface area contributed by atoms with E-state index in [2.05, 4.69) is 11.3 Å². The SMILES string of the molecule is C=CC(=O)OC1OC(C2COC(C)(C)O2)C2OC(C)(C)OC12.CC1(C)OCC(C2OC(O)C3OC(C)(C)OC32)O1.OCC1OC(O)C(O)C(O)C1O. The Morgan fingerprint density at radius 3 is 1.58 bits per heavy atom. The Morgan fingerprint density at radius 2 is 1.10 bits per heavy atom. The fourth-order valence-corrected chi connectivity index (χ4v) is 6.89. The minimum atomic E-state index is -1.57. The van der Waals surface area contributed by atoms with E-state index in [0.717, 1.165) is 6.08 Å². The van der Waals surface area contributed by atoms with Crippen LogP contribution in [0.1, 0.15) is 55.4 Å². The van der Waals surface area contributed by atoms with Gasteiger partial charge in [-0.15, -0.1) is 0 Å². The summed E-state index contributed by atoms with van der Waals surface area (Å²) < 4.78 is 67.0. The standard InChI is InChI=1S/C15H22O7.C12H20O6.C6H12O6/c1-6-9(16)18-13-12-11(21-15(4,5)22-12)10(19-13)8-7-17-14(2,3)20-8;1-11(2)14-5-6(16-11)7-8-9(10(13)15-7)18-12(3,4)17-8;7-1-2-3(8)4(9)5(10)6(11)12-2/h6,8,10-13H,1,7H2,2-5H3;6-10,13H,5H2,1-4H3;2-11H,1H2. The predicted molar refractivity (Wildman–Crippen MR) is 169 cm³/mol. The number of hydrogen-bond acceptors (Lipinski definition) is 19. The summed E-state index contributed by atoms with van der Waals surface area (Å²) in [5.41, 5.74) is 0. The third kappa shape index (κ3) is 9.31. The van der Waals surface area contributed by atoms with Crippen LogP contribution in [0.2, 0.25) is 0 Å². The minimum absolute atomic E-state index is 0.248. The van der Waals surface area contributed by atoms with Crippen LogP contribution >= 0.6 is 0 Å².